The maximum atomic E-state index is 13.8. The quantitative estimate of drug-likeness (QED) is 0.848. The predicted octanol–water partition coefficient (Wildman–Crippen LogP) is 1.18. The molecule has 1 amide bonds. The second-order valence-corrected chi connectivity index (χ2v) is 6.92. The van der Waals surface area contributed by atoms with Crippen LogP contribution < -0.4 is 4.90 Å². The largest absolute Gasteiger partial charge is 0.392 e. The van der Waals surface area contributed by atoms with Gasteiger partial charge in [0.05, 0.1) is 18.3 Å². The summed E-state index contributed by atoms with van der Waals surface area (Å²) in [7, 11) is 1.87. The van der Waals surface area contributed by atoms with Gasteiger partial charge in [-0.1, -0.05) is 12.1 Å². The van der Waals surface area contributed by atoms with Crippen LogP contribution in [0.1, 0.15) is 12.8 Å². The van der Waals surface area contributed by atoms with E-state index < -0.39 is 0 Å². The number of carbonyl (C=O) groups is 1. The summed E-state index contributed by atoms with van der Waals surface area (Å²) < 4.78 is 13.8. The SMILES string of the molecule is CN(CC(=O)N1CCN(c2ccccc2F)CC1)CC(O)C1CC1. The highest BCUT2D eigenvalue weighted by Crippen LogP contribution is 2.32. The molecular weight excluding hydrogens is 309 g/mol. The van der Waals surface area contributed by atoms with Crippen molar-refractivity contribution in [2.75, 3.05) is 51.2 Å². The zero-order valence-electron chi connectivity index (χ0n) is 14.2. The van der Waals surface area contributed by atoms with Crippen LogP contribution in [0.5, 0.6) is 0 Å². The molecule has 0 aromatic heterocycles. The van der Waals surface area contributed by atoms with Gasteiger partial charge in [-0.3, -0.25) is 9.69 Å². The third-order valence-electron chi connectivity index (χ3n) is 4.90. The highest BCUT2D eigenvalue weighted by Gasteiger charge is 2.31. The minimum absolute atomic E-state index is 0.0775. The molecule has 3 rings (SSSR count). The first-order valence-corrected chi connectivity index (χ1v) is 8.68. The summed E-state index contributed by atoms with van der Waals surface area (Å²) in [6.45, 7) is 3.36. The average molecular weight is 335 g/mol. The Kier molecular flexibility index (Phi) is 5.36. The van der Waals surface area contributed by atoms with Crippen LogP contribution in [0.3, 0.4) is 0 Å². The summed E-state index contributed by atoms with van der Waals surface area (Å²) in [4.78, 5) is 18.1. The molecule has 1 unspecified atom stereocenters. The van der Waals surface area contributed by atoms with Crippen LogP contribution in [-0.4, -0.2) is 73.2 Å². The van der Waals surface area contributed by atoms with E-state index in [4.69, 9.17) is 0 Å². The highest BCUT2D eigenvalue weighted by atomic mass is 19.1. The number of anilines is 1. The van der Waals surface area contributed by atoms with Crippen LogP contribution in [0.25, 0.3) is 0 Å². The molecule has 1 saturated carbocycles. The number of nitrogens with zero attached hydrogens (tertiary/aromatic N) is 3. The van der Waals surface area contributed by atoms with Crippen LogP contribution >= 0.6 is 0 Å². The van der Waals surface area contributed by atoms with E-state index in [-0.39, 0.29) is 17.8 Å². The van der Waals surface area contributed by atoms with Gasteiger partial charge in [-0.05, 0) is 37.9 Å². The van der Waals surface area contributed by atoms with Gasteiger partial charge >= 0.3 is 0 Å². The second-order valence-electron chi connectivity index (χ2n) is 6.92. The molecule has 1 aromatic rings. The Morgan fingerprint density at radius 1 is 1.29 bits per heavy atom. The van der Waals surface area contributed by atoms with Crippen molar-refractivity contribution in [1.29, 1.82) is 0 Å². The summed E-state index contributed by atoms with van der Waals surface area (Å²) in [5.41, 5.74) is 0.606. The fraction of sp³-hybridized carbons (Fsp3) is 0.611. The predicted molar refractivity (Wildman–Crippen MR) is 91.4 cm³/mol. The Hall–Kier alpha value is -1.66. The van der Waals surface area contributed by atoms with E-state index in [0.717, 1.165) is 12.8 Å². The number of amides is 1. The summed E-state index contributed by atoms with van der Waals surface area (Å²) in [6, 6.07) is 6.76. The number of halogens is 1. The molecule has 2 fully saturated rings. The lowest BCUT2D eigenvalue weighted by Gasteiger charge is -2.37. The van der Waals surface area contributed by atoms with Crippen molar-refractivity contribution in [1.82, 2.24) is 9.80 Å². The molecule has 1 aromatic carbocycles. The lowest BCUT2D eigenvalue weighted by molar-refractivity contribution is -0.132. The first kappa shape index (κ1) is 17.2. The lowest BCUT2D eigenvalue weighted by atomic mass is 10.2. The van der Waals surface area contributed by atoms with E-state index in [2.05, 4.69) is 0 Å². The number of benzene rings is 1. The van der Waals surface area contributed by atoms with E-state index in [1.165, 1.54) is 6.07 Å². The van der Waals surface area contributed by atoms with Crippen molar-refractivity contribution >= 4 is 11.6 Å². The number of rotatable bonds is 6. The third-order valence-corrected chi connectivity index (χ3v) is 4.90. The monoisotopic (exact) mass is 335 g/mol. The summed E-state index contributed by atoms with van der Waals surface area (Å²) >= 11 is 0. The van der Waals surface area contributed by atoms with Gasteiger partial charge in [0.25, 0.3) is 0 Å². The maximum Gasteiger partial charge on any atom is 0.236 e. The molecule has 1 atom stereocenters. The van der Waals surface area contributed by atoms with Gasteiger partial charge < -0.3 is 14.9 Å². The molecule has 0 bridgehead atoms. The molecule has 132 valence electrons. The molecule has 6 heteroatoms. The van der Waals surface area contributed by atoms with E-state index in [0.29, 0.717) is 50.9 Å². The molecule has 1 N–H and O–H groups in total. The molecule has 0 spiro atoms. The molecule has 5 nitrogen and oxygen atoms in total. The fourth-order valence-electron chi connectivity index (χ4n) is 3.25. The fourth-order valence-corrected chi connectivity index (χ4v) is 3.25. The molecular formula is C18H26FN3O2. The average Bonchev–Trinajstić information content (AvgIpc) is 3.40. The van der Waals surface area contributed by atoms with Crippen LogP contribution in [0, 0.1) is 11.7 Å². The third kappa shape index (κ3) is 4.24. The first-order valence-electron chi connectivity index (χ1n) is 8.68. The maximum absolute atomic E-state index is 13.8. The number of hydrogen-bond acceptors (Lipinski definition) is 4. The van der Waals surface area contributed by atoms with E-state index in [1.807, 2.05) is 27.8 Å². The van der Waals surface area contributed by atoms with Gasteiger partial charge in [-0.15, -0.1) is 0 Å². The minimum Gasteiger partial charge on any atom is -0.392 e. The van der Waals surface area contributed by atoms with Gasteiger partial charge in [0.15, 0.2) is 0 Å². The topological polar surface area (TPSA) is 47.0 Å². The van der Waals surface area contributed by atoms with Gasteiger partial charge in [0.1, 0.15) is 5.82 Å². The number of aliphatic hydroxyl groups is 1. The summed E-state index contributed by atoms with van der Waals surface area (Å²) in [6.07, 6.45) is 1.88. The Balaban J connectivity index is 1.45. The van der Waals surface area contributed by atoms with Crippen LogP contribution in [0.4, 0.5) is 10.1 Å². The molecule has 24 heavy (non-hydrogen) atoms. The molecule has 2 aliphatic rings. The molecule has 1 saturated heterocycles. The molecule has 1 heterocycles. The second kappa shape index (κ2) is 7.49. The Labute approximate surface area is 142 Å². The van der Waals surface area contributed by atoms with Crippen LogP contribution in [0.15, 0.2) is 24.3 Å². The Bertz CT molecular complexity index is 571. The van der Waals surface area contributed by atoms with Crippen molar-refractivity contribution in [2.45, 2.75) is 18.9 Å². The summed E-state index contributed by atoms with van der Waals surface area (Å²) in [5, 5.41) is 9.96. The molecule has 1 aliphatic carbocycles. The van der Waals surface area contributed by atoms with E-state index >= 15 is 0 Å². The van der Waals surface area contributed by atoms with Crippen molar-refractivity contribution in [3.05, 3.63) is 30.1 Å². The van der Waals surface area contributed by atoms with E-state index in [9.17, 15) is 14.3 Å². The van der Waals surface area contributed by atoms with Gasteiger partial charge in [0, 0.05) is 32.7 Å². The highest BCUT2D eigenvalue weighted by molar-refractivity contribution is 5.78. The zero-order chi connectivity index (χ0) is 17.1. The van der Waals surface area contributed by atoms with Crippen molar-refractivity contribution in [3.8, 4) is 0 Å². The first-order chi connectivity index (χ1) is 11.5. The Morgan fingerprint density at radius 3 is 2.58 bits per heavy atom. The van der Waals surface area contributed by atoms with Crippen molar-refractivity contribution < 1.29 is 14.3 Å². The smallest absolute Gasteiger partial charge is 0.236 e. The normalized spacial score (nSPS) is 19.7. The Morgan fingerprint density at radius 2 is 1.96 bits per heavy atom. The van der Waals surface area contributed by atoms with Crippen molar-refractivity contribution in [3.63, 3.8) is 0 Å². The number of carbonyl (C=O) groups excluding carboxylic acids is 1. The summed E-state index contributed by atoms with van der Waals surface area (Å²) in [5.74, 6) is 0.284. The van der Waals surface area contributed by atoms with Gasteiger partial charge in [-0.25, -0.2) is 4.39 Å². The van der Waals surface area contributed by atoms with Crippen LogP contribution in [0.2, 0.25) is 0 Å². The standard InChI is InChI=1S/C18H26FN3O2/c1-20(12-17(23)14-6-7-14)13-18(24)22-10-8-21(9-11-22)16-5-3-2-4-15(16)19/h2-5,14,17,23H,6-13H2,1H3. The van der Waals surface area contributed by atoms with Crippen molar-refractivity contribution in [2.24, 2.45) is 5.92 Å². The molecule has 0 radical (unpaired) electrons. The number of hydrogen-bond donors (Lipinski definition) is 1. The molecule has 1 aliphatic heterocycles. The lowest BCUT2D eigenvalue weighted by Crippen LogP contribution is -2.51. The van der Waals surface area contributed by atoms with Crippen LogP contribution in [-0.2, 0) is 4.79 Å². The van der Waals surface area contributed by atoms with Gasteiger partial charge in [-0.2, -0.15) is 0 Å². The zero-order valence-corrected chi connectivity index (χ0v) is 14.2. The number of para-hydroxylation sites is 1. The number of aliphatic hydroxyl groups excluding tert-OH is 1. The van der Waals surface area contributed by atoms with E-state index in [1.54, 1.807) is 12.1 Å². The number of likely N-dealkylation sites (N-methyl/N-ethyl adjacent to an activating group) is 1. The van der Waals surface area contributed by atoms with Gasteiger partial charge in [0.2, 0.25) is 5.91 Å². The minimum atomic E-state index is -0.319. The number of piperazine rings is 1.